The number of halogens is 1. The predicted octanol–water partition coefficient (Wildman–Crippen LogP) is 3.40. The molecule has 26 heavy (non-hydrogen) atoms. The molecule has 0 aromatic heterocycles. The topological polar surface area (TPSA) is 41.6 Å². The van der Waals surface area contributed by atoms with E-state index in [-0.39, 0.29) is 17.4 Å². The Kier molecular flexibility index (Phi) is 4.75. The molecule has 1 aromatic rings. The van der Waals surface area contributed by atoms with Gasteiger partial charge in [-0.15, -0.1) is 0 Å². The van der Waals surface area contributed by atoms with Crippen LogP contribution in [0.3, 0.4) is 0 Å². The zero-order valence-electron chi connectivity index (χ0n) is 14.5. The quantitative estimate of drug-likeness (QED) is 0.830. The fourth-order valence-electron chi connectivity index (χ4n) is 3.35. The lowest BCUT2D eigenvalue weighted by Crippen LogP contribution is -2.36. The molecule has 3 aliphatic rings. The number of nitrogens with one attached hydrogen (secondary N) is 1. The summed E-state index contributed by atoms with van der Waals surface area (Å²) in [6, 6.07) is 4.84. The highest BCUT2D eigenvalue weighted by Crippen LogP contribution is 2.44. The van der Waals surface area contributed by atoms with Crippen LogP contribution in [0.5, 0.6) is 5.75 Å². The van der Waals surface area contributed by atoms with Gasteiger partial charge < -0.3 is 15.0 Å². The van der Waals surface area contributed by atoms with Gasteiger partial charge in [0, 0.05) is 18.8 Å². The van der Waals surface area contributed by atoms with Crippen molar-refractivity contribution in [3.8, 4) is 5.75 Å². The normalized spacial score (nSPS) is 23.3. The highest BCUT2D eigenvalue weighted by Gasteiger charge is 2.29. The molecule has 3 heterocycles. The number of nitrogens with zero attached hydrogens (tertiary/aromatic N) is 1. The maximum atomic E-state index is 14.0. The number of hydrogen-bond donors (Lipinski definition) is 1. The van der Waals surface area contributed by atoms with Gasteiger partial charge in [-0.2, -0.15) is 0 Å². The van der Waals surface area contributed by atoms with E-state index in [9.17, 15) is 9.18 Å². The lowest BCUT2D eigenvalue weighted by atomic mass is 10.0. The van der Waals surface area contributed by atoms with E-state index in [2.05, 4.69) is 11.4 Å². The van der Waals surface area contributed by atoms with E-state index in [1.807, 2.05) is 18.4 Å². The monoisotopic (exact) mass is 370 g/mol. The molecule has 0 saturated heterocycles. The summed E-state index contributed by atoms with van der Waals surface area (Å²) in [6.45, 7) is 1.82. The molecule has 4 rings (SSSR count). The average molecular weight is 370 g/mol. The van der Waals surface area contributed by atoms with E-state index in [4.69, 9.17) is 4.74 Å². The van der Waals surface area contributed by atoms with Crippen LogP contribution in [0.4, 0.5) is 4.39 Å². The van der Waals surface area contributed by atoms with Crippen LogP contribution in [0.1, 0.15) is 12.0 Å². The van der Waals surface area contributed by atoms with Crippen molar-refractivity contribution in [1.82, 2.24) is 10.2 Å². The third kappa shape index (κ3) is 3.25. The molecule has 2 atom stereocenters. The maximum Gasteiger partial charge on any atom is 0.252 e. The molecule has 0 aliphatic carbocycles. The smallest absolute Gasteiger partial charge is 0.252 e. The number of allylic oxidation sites excluding steroid dienone is 3. The third-order valence-electron chi connectivity index (χ3n) is 4.76. The Morgan fingerprint density at radius 3 is 3.00 bits per heavy atom. The average Bonchev–Trinajstić information content (AvgIpc) is 2.68. The van der Waals surface area contributed by atoms with Crippen molar-refractivity contribution < 1.29 is 13.9 Å². The van der Waals surface area contributed by atoms with Crippen molar-refractivity contribution >= 4 is 20.1 Å². The highest BCUT2D eigenvalue weighted by molar-refractivity contribution is 7.44. The number of amides is 1. The summed E-state index contributed by atoms with van der Waals surface area (Å²) < 4.78 is 19.0. The Hall–Kier alpha value is -2.23. The van der Waals surface area contributed by atoms with Gasteiger partial charge in [0.25, 0.3) is 5.91 Å². The number of methoxy groups -OCH3 is 1. The first-order valence-corrected chi connectivity index (χ1v) is 9.68. The van der Waals surface area contributed by atoms with Crippen LogP contribution in [0.2, 0.25) is 0 Å². The minimum absolute atomic E-state index is 0.0148. The Bertz CT molecular complexity index is 873. The molecule has 0 spiro atoms. The molecule has 0 saturated carbocycles. The van der Waals surface area contributed by atoms with Crippen LogP contribution < -0.4 is 10.1 Å². The summed E-state index contributed by atoms with van der Waals surface area (Å²) in [5.74, 6) is -0.164. The molecular weight excluding hydrogens is 350 g/mol. The SMILES string of the molecule is COc1ccc(C2=CN3C(=O)C=C(C4=CCNCC4)PC3C=C2)cc1F. The van der Waals surface area contributed by atoms with Crippen molar-refractivity contribution in [2.75, 3.05) is 20.2 Å². The number of rotatable bonds is 3. The first kappa shape index (κ1) is 17.2. The summed E-state index contributed by atoms with van der Waals surface area (Å²) in [4.78, 5) is 14.4. The van der Waals surface area contributed by atoms with Crippen LogP contribution in [-0.2, 0) is 4.79 Å². The second-order valence-corrected chi connectivity index (χ2v) is 7.79. The molecule has 0 radical (unpaired) electrons. The van der Waals surface area contributed by atoms with Crippen LogP contribution in [-0.4, -0.2) is 36.8 Å². The summed E-state index contributed by atoms with van der Waals surface area (Å²) in [5, 5.41) is 4.46. The van der Waals surface area contributed by atoms with Crippen molar-refractivity contribution in [1.29, 1.82) is 0 Å². The molecule has 6 heteroatoms. The maximum absolute atomic E-state index is 14.0. The summed E-state index contributed by atoms with van der Waals surface area (Å²) in [6.07, 6.45) is 10.7. The van der Waals surface area contributed by atoms with Crippen LogP contribution >= 0.6 is 8.58 Å². The third-order valence-corrected chi connectivity index (χ3v) is 6.30. The minimum atomic E-state index is -0.409. The van der Waals surface area contributed by atoms with E-state index in [1.165, 1.54) is 18.7 Å². The second kappa shape index (κ2) is 7.18. The molecule has 0 bridgehead atoms. The molecule has 3 aliphatic heterocycles. The van der Waals surface area contributed by atoms with Gasteiger partial charge >= 0.3 is 0 Å². The van der Waals surface area contributed by atoms with Crippen LogP contribution in [0, 0.1) is 5.82 Å². The number of fused-ring (bicyclic) bond motifs is 1. The Balaban J connectivity index is 1.60. The Labute approximate surface area is 153 Å². The lowest BCUT2D eigenvalue weighted by Gasteiger charge is -2.34. The molecule has 1 N–H and O–H groups in total. The van der Waals surface area contributed by atoms with E-state index < -0.39 is 5.82 Å². The Morgan fingerprint density at radius 2 is 2.27 bits per heavy atom. The fourth-order valence-corrected chi connectivity index (χ4v) is 4.82. The predicted molar refractivity (Wildman–Crippen MR) is 103 cm³/mol. The van der Waals surface area contributed by atoms with Gasteiger partial charge in [-0.1, -0.05) is 32.9 Å². The lowest BCUT2D eigenvalue weighted by molar-refractivity contribution is -0.123. The molecule has 1 amide bonds. The molecule has 134 valence electrons. The summed E-state index contributed by atoms with van der Waals surface area (Å²) >= 11 is 0. The zero-order valence-corrected chi connectivity index (χ0v) is 15.5. The van der Waals surface area contributed by atoms with Crippen molar-refractivity contribution in [2.24, 2.45) is 0 Å². The Morgan fingerprint density at radius 1 is 1.38 bits per heavy atom. The molecule has 4 nitrogen and oxygen atoms in total. The highest BCUT2D eigenvalue weighted by atomic mass is 31.1. The first-order chi connectivity index (χ1) is 12.7. The second-order valence-electron chi connectivity index (χ2n) is 6.37. The fraction of sp³-hybridized carbons (Fsp3) is 0.250. The number of carbonyl (C=O) groups excluding carboxylic acids is 1. The number of hydrogen-bond acceptors (Lipinski definition) is 3. The van der Waals surface area contributed by atoms with Crippen molar-refractivity contribution in [3.05, 3.63) is 71.0 Å². The van der Waals surface area contributed by atoms with E-state index >= 15 is 0 Å². The number of ether oxygens (including phenoxy) is 1. The first-order valence-electron chi connectivity index (χ1n) is 8.60. The van der Waals surface area contributed by atoms with E-state index in [0.717, 1.165) is 36.0 Å². The molecular formula is C20H20FN2O2P. The van der Waals surface area contributed by atoms with Crippen molar-refractivity contribution in [3.63, 3.8) is 0 Å². The summed E-state index contributed by atoms with van der Waals surface area (Å²) in [7, 11) is 1.97. The zero-order chi connectivity index (χ0) is 18.1. The molecule has 2 unspecified atom stereocenters. The van der Waals surface area contributed by atoms with E-state index in [1.54, 1.807) is 23.1 Å². The van der Waals surface area contributed by atoms with E-state index in [0.29, 0.717) is 8.58 Å². The minimum Gasteiger partial charge on any atom is -0.494 e. The largest absolute Gasteiger partial charge is 0.494 e. The van der Waals surface area contributed by atoms with Gasteiger partial charge in [-0.05, 0) is 47.1 Å². The standard InChI is InChI=1S/C20H20FN2O2P/c1-25-17-4-2-14(10-16(17)21)15-3-5-20-23(12-15)19(24)11-18(26-20)13-6-8-22-9-7-13/h2-6,10-12,20,22,26H,7-9H2,1H3. The van der Waals surface area contributed by atoms with Gasteiger partial charge in [-0.3, -0.25) is 4.79 Å². The van der Waals surface area contributed by atoms with Gasteiger partial charge in [-0.25, -0.2) is 4.39 Å². The van der Waals surface area contributed by atoms with Crippen LogP contribution in [0.25, 0.3) is 5.57 Å². The van der Waals surface area contributed by atoms with Crippen molar-refractivity contribution in [2.45, 2.75) is 12.2 Å². The molecule has 0 fully saturated rings. The van der Waals surface area contributed by atoms with Gasteiger partial charge in [0.05, 0.1) is 12.9 Å². The van der Waals surface area contributed by atoms with Gasteiger partial charge in [0.1, 0.15) is 0 Å². The number of benzene rings is 1. The van der Waals surface area contributed by atoms with Crippen LogP contribution in [0.15, 0.2) is 59.6 Å². The van der Waals surface area contributed by atoms with Gasteiger partial charge in [0.15, 0.2) is 11.6 Å². The number of carbonyl (C=O) groups is 1. The van der Waals surface area contributed by atoms with Gasteiger partial charge in [0.2, 0.25) is 0 Å². The molecule has 1 aromatic carbocycles. The summed E-state index contributed by atoms with van der Waals surface area (Å²) in [5.41, 5.74) is 2.83.